The Kier molecular flexibility index (Phi) is 7.44. The molecule has 0 radical (unpaired) electrons. The van der Waals surface area contributed by atoms with E-state index in [-0.39, 0.29) is 13.2 Å². The van der Waals surface area contributed by atoms with Gasteiger partial charge in [0.25, 0.3) is 0 Å². The standard InChI is InChI=1S/C4H10O3S/c5-1-3-7-8-4-2-6/h5-6H,1-4H2. The first kappa shape index (κ1) is 8.23. The molecule has 0 spiro atoms. The largest absolute Gasteiger partial charge is 0.395 e. The summed E-state index contributed by atoms with van der Waals surface area (Å²) in [6.45, 7) is 0.499. The minimum Gasteiger partial charge on any atom is -0.395 e. The average Bonchev–Trinajstić information content (AvgIpc) is 1.81. The van der Waals surface area contributed by atoms with E-state index in [4.69, 9.17) is 14.4 Å². The van der Waals surface area contributed by atoms with E-state index in [0.717, 1.165) is 0 Å². The molecule has 0 aliphatic carbocycles. The van der Waals surface area contributed by atoms with E-state index in [2.05, 4.69) is 0 Å². The quantitative estimate of drug-likeness (QED) is 0.402. The maximum atomic E-state index is 8.20. The van der Waals surface area contributed by atoms with E-state index in [1.165, 1.54) is 12.0 Å². The number of aliphatic hydroxyl groups excluding tert-OH is 2. The summed E-state index contributed by atoms with van der Waals surface area (Å²) in [5.41, 5.74) is 0. The predicted octanol–water partition coefficient (Wildman–Crippen LogP) is -0.364. The van der Waals surface area contributed by atoms with Crippen molar-refractivity contribution in [3.05, 3.63) is 0 Å². The van der Waals surface area contributed by atoms with E-state index < -0.39 is 0 Å². The van der Waals surface area contributed by atoms with Crippen LogP contribution < -0.4 is 0 Å². The van der Waals surface area contributed by atoms with Gasteiger partial charge in [-0.1, -0.05) is 0 Å². The molecule has 4 heteroatoms. The van der Waals surface area contributed by atoms with Gasteiger partial charge in [-0.15, -0.1) is 0 Å². The van der Waals surface area contributed by atoms with E-state index >= 15 is 0 Å². The van der Waals surface area contributed by atoms with Gasteiger partial charge in [0.1, 0.15) is 0 Å². The fraction of sp³-hybridized carbons (Fsp3) is 1.00. The number of aliphatic hydroxyl groups is 2. The number of hydrogen-bond donors (Lipinski definition) is 2. The smallest absolute Gasteiger partial charge is 0.0845 e. The van der Waals surface area contributed by atoms with Crippen molar-refractivity contribution in [2.45, 2.75) is 0 Å². The Morgan fingerprint density at radius 1 is 1.25 bits per heavy atom. The Labute approximate surface area is 52.9 Å². The van der Waals surface area contributed by atoms with Crippen molar-refractivity contribution in [1.82, 2.24) is 0 Å². The third kappa shape index (κ3) is 6.23. The predicted molar refractivity (Wildman–Crippen MR) is 32.6 cm³/mol. The van der Waals surface area contributed by atoms with Crippen LogP contribution in [0.2, 0.25) is 0 Å². The maximum absolute atomic E-state index is 8.20. The molecule has 0 amide bonds. The Morgan fingerprint density at radius 2 is 2.00 bits per heavy atom. The second kappa shape index (κ2) is 7.23. The minimum absolute atomic E-state index is 0.0401. The zero-order chi connectivity index (χ0) is 6.24. The zero-order valence-corrected chi connectivity index (χ0v) is 5.36. The molecule has 0 atom stereocenters. The molecule has 0 fully saturated rings. The monoisotopic (exact) mass is 138 g/mol. The molecule has 0 unspecified atom stereocenters. The minimum atomic E-state index is 0.0401. The summed E-state index contributed by atoms with van der Waals surface area (Å²) in [6, 6.07) is 0. The molecule has 0 rings (SSSR count). The fourth-order valence-corrected chi connectivity index (χ4v) is 0.577. The summed E-state index contributed by atoms with van der Waals surface area (Å²) in [6.07, 6.45) is 0. The van der Waals surface area contributed by atoms with Crippen LogP contribution in [0.25, 0.3) is 0 Å². The normalized spacial score (nSPS) is 9.75. The van der Waals surface area contributed by atoms with Gasteiger partial charge in [-0.3, -0.25) is 0 Å². The van der Waals surface area contributed by atoms with Crippen molar-refractivity contribution >= 4 is 12.0 Å². The number of hydrogen-bond acceptors (Lipinski definition) is 4. The third-order valence-electron chi connectivity index (χ3n) is 0.433. The van der Waals surface area contributed by atoms with Gasteiger partial charge in [0, 0.05) is 5.75 Å². The van der Waals surface area contributed by atoms with Crippen molar-refractivity contribution < 1.29 is 14.4 Å². The van der Waals surface area contributed by atoms with Crippen LogP contribution in [0.5, 0.6) is 0 Å². The van der Waals surface area contributed by atoms with Crippen molar-refractivity contribution in [1.29, 1.82) is 0 Å². The molecule has 0 aliphatic rings. The summed E-state index contributed by atoms with van der Waals surface area (Å²) in [7, 11) is 0. The lowest BCUT2D eigenvalue weighted by Gasteiger charge is -1.95. The van der Waals surface area contributed by atoms with Gasteiger partial charge >= 0.3 is 0 Å². The van der Waals surface area contributed by atoms with Crippen LogP contribution in [0.1, 0.15) is 0 Å². The highest BCUT2D eigenvalue weighted by Gasteiger charge is 1.84. The first-order chi connectivity index (χ1) is 3.91. The third-order valence-corrected chi connectivity index (χ3v) is 1.12. The molecule has 0 saturated heterocycles. The van der Waals surface area contributed by atoms with E-state index in [9.17, 15) is 0 Å². The molecule has 50 valence electrons. The molecular weight excluding hydrogens is 128 g/mol. The molecule has 0 bridgehead atoms. The van der Waals surface area contributed by atoms with Crippen molar-refractivity contribution in [3.63, 3.8) is 0 Å². The van der Waals surface area contributed by atoms with Crippen molar-refractivity contribution in [3.8, 4) is 0 Å². The van der Waals surface area contributed by atoms with Crippen LogP contribution in [0.15, 0.2) is 0 Å². The van der Waals surface area contributed by atoms with Crippen LogP contribution >= 0.6 is 12.0 Å². The average molecular weight is 138 g/mol. The lowest BCUT2D eigenvalue weighted by molar-refractivity contribution is 0.219. The van der Waals surface area contributed by atoms with Crippen LogP contribution in [-0.2, 0) is 4.18 Å². The summed E-state index contributed by atoms with van der Waals surface area (Å²) >= 11 is 1.17. The summed E-state index contributed by atoms with van der Waals surface area (Å²) < 4.78 is 4.73. The molecule has 3 nitrogen and oxygen atoms in total. The Balaban J connectivity index is 2.53. The van der Waals surface area contributed by atoms with Crippen LogP contribution in [-0.4, -0.2) is 35.8 Å². The fourth-order valence-electron chi connectivity index (χ4n) is 0.192. The van der Waals surface area contributed by atoms with Crippen molar-refractivity contribution in [2.24, 2.45) is 0 Å². The Morgan fingerprint density at radius 3 is 2.50 bits per heavy atom. The molecule has 0 aromatic rings. The van der Waals surface area contributed by atoms with E-state index in [1.54, 1.807) is 0 Å². The van der Waals surface area contributed by atoms with Gasteiger partial charge < -0.3 is 14.4 Å². The van der Waals surface area contributed by atoms with E-state index in [0.29, 0.717) is 12.4 Å². The van der Waals surface area contributed by atoms with Gasteiger partial charge in [-0.05, 0) is 12.0 Å². The van der Waals surface area contributed by atoms with Gasteiger partial charge in [0.2, 0.25) is 0 Å². The molecule has 8 heavy (non-hydrogen) atoms. The van der Waals surface area contributed by atoms with Crippen LogP contribution in [0.4, 0.5) is 0 Å². The first-order valence-corrected chi connectivity index (χ1v) is 3.29. The topological polar surface area (TPSA) is 49.7 Å². The molecule has 0 aromatic carbocycles. The molecule has 0 saturated carbocycles. The van der Waals surface area contributed by atoms with Gasteiger partial charge in [0.05, 0.1) is 19.8 Å². The van der Waals surface area contributed by atoms with Gasteiger partial charge in [0.15, 0.2) is 0 Å². The Bertz CT molecular complexity index is 36.3. The van der Waals surface area contributed by atoms with Gasteiger partial charge in [-0.25, -0.2) is 0 Å². The molecule has 0 heterocycles. The highest BCUT2D eigenvalue weighted by atomic mass is 32.2. The summed E-state index contributed by atoms with van der Waals surface area (Å²) in [4.78, 5) is 0. The summed E-state index contributed by atoms with van der Waals surface area (Å²) in [5.74, 6) is 0.569. The second-order valence-corrected chi connectivity index (χ2v) is 1.97. The van der Waals surface area contributed by atoms with Crippen LogP contribution in [0, 0.1) is 0 Å². The SMILES string of the molecule is OCCOSCCO. The van der Waals surface area contributed by atoms with E-state index in [1.807, 2.05) is 0 Å². The first-order valence-electron chi connectivity index (χ1n) is 2.38. The highest BCUT2D eigenvalue weighted by molar-refractivity contribution is 7.94. The molecule has 0 aliphatic heterocycles. The highest BCUT2D eigenvalue weighted by Crippen LogP contribution is 1.98. The summed E-state index contributed by atoms with van der Waals surface area (Å²) in [5, 5.41) is 16.4. The Hall–Kier alpha value is 0.230. The molecular formula is C4H10O3S. The molecule has 2 N–H and O–H groups in total. The number of rotatable bonds is 5. The molecule has 0 aromatic heterocycles. The maximum Gasteiger partial charge on any atom is 0.0845 e. The van der Waals surface area contributed by atoms with Gasteiger partial charge in [-0.2, -0.15) is 0 Å². The lowest BCUT2D eigenvalue weighted by atomic mass is 10.8. The lowest BCUT2D eigenvalue weighted by Crippen LogP contribution is -1.94. The zero-order valence-electron chi connectivity index (χ0n) is 4.54. The van der Waals surface area contributed by atoms with Crippen molar-refractivity contribution in [2.75, 3.05) is 25.6 Å². The van der Waals surface area contributed by atoms with Crippen LogP contribution in [0.3, 0.4) is 0 Å². The second-order valence-electron chi connectivity index (χ2n) is 1.09.